The maximum Gasteiger partial charge on any atom is 0.0962 e. The molecule has 0 radical (unpaired) electrons. The van der Waals surface area contributed by atoms with Crippen LogP contribution in [-0.4, -0.2) is 10.1 Å². The smallest absolute Gasteiger partial charge is 0.0962 e. The van der Waals surface area contributed by atoms with Crippen LogP contribution >= 0.6 is 11.3 Å². The molecule has 3 rings (SSSR count). The quantitative estimate of drug-likeness (QED) is 0.911. The second-order valence-corrected chi connectivity index (χ2v) is 6.02. The molecule has 0 aliphatic heterocycles. The van der Waals surface area contributed by atoms with Gasteiger partial charge in [0.25, 0.3) is 0 Å². The van der Waals surface area contributed by atoms with Gasteiger partial charge in [-0.25, -0.2) is 4.98 Å². The summed E-state index contributed by atoms with van der Waals surface area (Å²) in [5, 5.41) is 13.5. The molecule has 1 aromatic carbocycles. The third kappa shape index (κ3) is 2.47. The molecule has 1 aromatic heterocycles. The van der Waals surface area contributed by atoms with E-state index in [-0.39, 0.29) is 0 Å². The molecule has 94 valence electrons. The predicted octanol–water partition coefficient (Wildman–Crippen LogP) is 3.54. The minimum absolute atomic E-state index is 0.447. The summed E-state index contributed by atoms with van der Waals surface area (Å²) in [5.41, 5.74) is 1.98. The lowest BCUT2D eigenvalue weighted by Gasteiger charge is -2.08. The Balaban J connectivity index is 1.67. The summed E-state index contributed by atoms with van der Waals surface area (Å²) in [5.74, 6) is 1.47. The van der Waals surface area contributed by atoms with Gasteiger partial charge >= 0.3 is 0 Å². The average molecular weight is 259 g/mol. The lowest BCUT2D eigenvalue weighted by Crippen LogP contribution is -2.01. The summed E-state index contributed by atoms with van der Waals surface area (Å²) in [6.45, 7) is 2.27. The van der Waals surface area contributed by atoms with Crippen LogP contribution in [0, 0.1) is 5.92 Å². The van der Waals surface area contributed by atoms with Gasteiger partial charge in [-0.1, -0.05) is 37.3 Å². The second kappa shape index (κ2) is 4.82. The zero-order valence-electron chi connectivity index (χ0n) is 10.4. The van der Waals surface area contributed by atoms with E-state index in [1.165, 1.54) is 11.4 Å². The first-order valence-corrected chi connectivity index (χ1v) is 7.29. The summed E-state index contributed by atoms with van der Waals surface area (Å²) in [6.07, 6.45) is 1.44. The number of aromatic nitrogens is 1. The van der Waals surface area contributed by atoms with E-state index >= 15 is 0 Å². The van der Waals surface area contributed by atoms with Crippen molar-refractivity contribution in [2.45, 2.75) is 31.8 Å². The van der Waals surface area contributed by atoms with E-state index in [4.69, 9.17) is 0 Å². The minimum atomic E-state index is -0.447. The van der Waals surface area contributed by atoms with Crippen LogP contribution in [0.4, 0.5) is 0 Å². The molecule has 1 saturated carbocycles. The van der Waals surface area contributed by atoms with Gasteiger partial charge in [-0.15, -0.1) is 11.3 Å². The van der Waals surface area contributed by atoms with Gasteiger partial charge in [0.1, 0.15) is 0 Å². The molecule has 2 nitrogen and oxygen atoms in total. The SMILES string of the molecule is CC1CC1c1nc(CC(O)c2ccccc2)cs1. The van der Waals surface area contributed by atoms with Crippen LogP contribution in [0.5, 0.6) is 0 Å². The Labute approximate surface area is 111 Å². The molecule has 1 N–H and O–H groups in total. The first-order chi connectivity index (χ1) is 8.74. The molecule has 0 bridgehead atoms. The Bertz CT molecular complexity index is 522. The van der Waals surface area contributed by atoms with Crippen LogP contribution < -0.4 is 0 Å². The average Bonchev–Trinajstić information content (AvgIpc) is 2.94. The molecule has 18 heavy (non-hydrogen) atoms. The molecule has 3 atom stereocenters. The number of hydrogen-bond acceptors (Lipinski definition) is 3. The summed E-state index contributed by atoms with van der Waals surface area (Å²) in [4.78, 5) is 4.65. The largest absolute Gasteiger partial charge is 0.388 e. The topological polar surface area (TPSA) is 33.1 Å². The fraction of sp³-hybridized carbons (Fsp3) is 0.400. The molecule has 2 aromatic rings. The molecular formula is C15H17NOS. The molecule has 1 heterocycles. The third-order valence-electron chi connectivity index (χ3n) is 3.58. The van der Waals surface area contributed by atoms with Crippen molar-refractivity contribution in [1.29, 1.82) is 0 Å². The van der Waals surface area contributed by atoms with E-state index in [0.717, 1.165) is 17.2 Å². The first kappa shape index (κ1) is 11.9. The van der Waals surface area contributed by atoms with Crippen molar-refractivity contribution in [2.75, 3.05) is 0 Å². The highest BCUT2D eigenvalue weighted by molar-refractivity contribution is 7.09. The fourth-order valence-corrected chi connectivity index (χ4v) is 3.32. The van der Waals surface area contributed by atoms with Gasteiger partial charge in [-0.2, -0.15) is 0 Å². The van der Waals surface area contributed by atoms with E-state index < -0.39 is 6.10 Å². The highest BCUT2D eigenvalue weighted by Gasteiger charge is 2.36. The number of hydrogen-bond donors (Lipinski definition) is 1. The van der Waals surface area contributed by atoms with Gasteiger partial charge in [0.05, 0.1) is 16.8 Å². The maximum absolute atomic E-state index is 10.2. The highest BCUT2D eigenvalue weighted by Crippen LogP contribution is 2.47. The minimum Gasteiger partial charge on any atom is -0.388 e. The van der Waals surface area contributed by atoms with Crippen LogP contribution in [0.25, 0.3) is 0 Å². The van der Waals surface area contributed by atoms with Crippen molar-refractivity contribution in [3.8, 4) is 0 Å². The third-order valence-corrected chi connectivity index (χ3v) is 4.61. The molecule has 1 aliphatic rings. The van der Waals surface area contributed by atoms with Gasteiger partial charge in [-0.05, 0) is 17.9 Å². The summed E-state index contributed by atoms with van der Waals surface area (Å²) >= 11 is 1.74. The predicted molar refractivity (Wildman–Crippen MR) is 73.7 cm³/mol. The maximum atomic E-state index is 10.2. The lowest BCUT2D eigenvalue weighted by molar-refractivity contribution is 0.177. The van der Waals surface area contributed by atoms with Crippen LogP contribution in [0.3, 0.4) is 0 Å². The standard InChI is InChI=1S/C15H17NOS/c1-10-7-13(10)15-16-12(9-18-15)8-14(17)11-5-3-2-4-6-11/h2-6,9-10,13-14,17H,7-8H2,1H3. The summed E-state index contributed by atoms with van der Waals surface area (Å²) in [7, 11) is 0. The van der Waals surface area contributed by atoms with Gasteiger partial charge in [0.2, 0.25) is 0 Å². The van der Waals surface area contributed by atoms with E-state index in [1.54, 1.807) is 11.3 Å². The zero-order chi connectivity index (χ0) is 12.5. The molecule has 3 heteroatoms. The Morgan fingerprint density at radius 1 is 1.39 bits per heavy atom. The van der Waals surface area contributed by atoms with Gasteiger partial charge in [-0.3, -0.25) is 0 Å². The van der Waals surface area contributed by atoms with E-state index in [9.17, 15) is 5.11 Å². The Morgan fingerprint density at radius 2 is 2.11 bits per heavy atom. The van der Waals surface area contributed by atoms with Crippen LogP contribution in [0.15, 0.2) is 35.7 Å². The lowest BCUT2D eigenvalue weighted by atomic mass is 10.1. The van der Waals surface area contributed by atoms with Crippen LogP contribution in [-0.2, 0) is 6.42 Å². The second-order valence-electron chi connectivity index (χ2n) is 5.13. The molecule has 1 fully saturated rings. The van der Waals surface area contributed by atoms with Crippen molar-refractivity contribution in [1.82, 2.24) is 4.98 Å². The molecule has 0 amide bonds. The van der Waals surface area contributed by atoms with Crippen molar-refractivity contribution in [3.05, 3.63) is 52.0 Å². The Kier molecular flexibility index (Phi) is 3.18. The van der Waals surface area contributed by atoms with Crippen LogP contribution in [0.2, 0.25) is 0 Å². The highest BCUT2D eigenvalue weighted by atomic mass is 32.1. The van der Waals surface area contributed by atoms with Gasteiger partial charge in [0.15, 0.2) is 0 Å². The monoisotopic (exact) mass is 259 g/mol. The van der Waals surface area contributed by atoms with E-state index in [0.29, 0.717) is 12.3 Å². The fourth-order valence-electron chi connectivity index (χ4n) is 2.24. The Morgan fingerprint density at radius 3 is 2.78 bits per heavy atom. The van der Waals surface area contributed by atoms with Crippen molar-refractivity contribution >= 4 is 11.3 Å². The normalized spacial score (nSPS) is 23.9. The van der Waals surface area contributed by atoms with E-state index in [2.05, 4.69) is 17.3 Å². The van der Waals surface area contributed by atoms with Crippen molar-refractivity contribution in [2.24, 2.45) is 5.92 Å². The number of aliphatic hydroxyl groups is 1. The zero-order valence-corrected chi connectivity index (χ0v) is 11.2. The van der Waals surface area contributed by atoms with Crippen molar-refractivity contribution < 1.29 is 5.11 Å². The molecule has 0 saturated heterocycles. The molecule has 0 spiro atoms. The number of nitrogens with zero attached hydrogens (tertiary/aromatic N) is 1. The van der Waals surface area contributed by atoms with E-state index in [1.807, 2.05) is 30.3 Å². The number of benzene rings is 1. The molecule has 1 aliphatic carbocycles. The number of aliphatic hydroxyl groups excluding tert-OH is 1. The van der Waals surface area contributed by atoms with Gasteiger partial charge < -0.3 is 5.11 Å². The number of thiazole rings is 1. The number of rotatable bonds is 4. The molecule has 3 unspecified atom stereocenters. The van der Waals surface area contributed by atoms with Gasteiger partial charge in [0, 0.05) is 17.7 Å². The van der Waals surface area contributed by atoms with Crippen molar-refractivity contribution in [3.63, 3.8) is 0 Å². The summed E-state index contributed by atoms with van der Waals surface area (Å²) < 4.78 is 0. The molecular weight excluding hydrogens is 242 g/mol. The summed E-state index contributed by atoms with van der Waals surface area (Å²) in [6, 6.07) is 9.79. The van der Waals surface area contributed by atoms with Crippen LogP contribution in [0.1, 0.15) is 41.6 Å². The first-order valence-electron chi connectivity index (χ1n) is 6.41. The Hall–Kier alpha value is -1.19.